The van der Waals surface area contributed by atoms with E-state index in [1.165, 1.54) is 30.5 Å². The fourth-order valence-electron chi connectivity index (χ4n) is 3.02. The van der Waals surface area contributed by atoms with Gasteiger partial charge in [0.1, 0.15) is 17.2 Å². The highest BCUT2D eigenvalue weighted by atomic mass is 19.1. The molecule has 1 aromatic heterocycles. The second kappa shape index (κ2) is 5.23. The molecule has 1 aliphatic rings. The van der Waals surface area contributed by atoms with Crippen LogP contribution in [0.15, 0.2) is 46.9 Å². The average Bonchev–Trinajstić information content (AvgIpc) is 3.30. The minimum absolute atomic E-state index is 0.289. The van der Waals surface area contributed by atoms with Crippen molar-refractivity contribution in [2.45, 2.75) is 25.2 Å². The summed E-state index contributed by atoms with van der Waals surface area (Å²) < 4.78 is 18.9. The quantitative estimate of drug-likeness (QED) is 0.787. The molecule has 2 N–H and O–H groups in total. The minimum atomic E-state index is -0.492. The Labute approximate surface area is 132 Å². The summed E-state index contributed by atoms with van der Waals surface area (Å²) in [6.45, 7) is 0. The topological polar surface area (TPSA) is 56.2 Å². The van der Waals surface area contributed by atoms with E-state index in [-0.39, 0.29) is 5.82 Å². The second-order valence-electron chi connectivity index (χ2n) is 6.10. The van der Waals surface area contributed by atoms with Crippen LogP contribution in [-0.4, -0.2) is 5.91 Å². The van der Waals surface area contributed by atoms with Crippen molar-refractivity contribution in [1.82, 2.24) is 0 Å². The van der Waals surface area contributed by atoms with Crippen LogP contribution < -0.4 is 5.73 Å². The SMILES string of the molecule is NC(=O)c1c(Cc2ccc(F)cc2)oc2ccc(C3CC3)cc12. The van der Waals surface area contributed by atoms with Crippen LogP contribution in [0.5, 0.6) is 0 Å². The first-order chi connectivity index (χ1) is 11.1. The number of fused-ring (bicyclic) bond motifs is 1. The van der Waals surface area contributed by atoms with E-state index >= 15 is 0 Å². The molecular weight excluding hydrogens is 293 g/mol. The van der Waals surface area contributed by atoms with Gasteiger partial charge in [-0.3, -0.25) is 4.79 Å². The van der Waals surface area contributed by atoms with Gasteiger partial charge >= 0.3 is 0 Å². The number of amides is 1. The summed E-state index contributed by atoms with van der Waals surface area (Å²) >= 11 is 0. The summed E-state index contributed by atoms with van der Waals surface area (Å²) in [7, 11) is 0. The Balaban J connectivity index is 1.80. The van der Waals surface area contributed by atoms with Gasteiger partial charge in [-0.05, 0) is 54.2 Å². The Morgan fingerprint density at radius 2 is 1.91 bits per heavy atom. The zero-order valence-corrected chi connectivity index (χ0v) is 12.5. The molecule has 1 aliphatic carbocycles. The molecule has 0 radical (unpaired) electrons. The highest BCUT2D eigenvalue weighted by molar-refractivity contribution is 6.06. The third-order valence-electron chi connectivity index (χ3n) is 4.36. The minimum Gasteiger partial charge on any atom is -0.460 e. The van der Waals surface area contributed by atoms with Gasteiger partial charge in [-0.2, -0.15) is 0 Å². The maximum absolute atomic E-state index is 13.0. The van der Waals surface area contributed by atoms with Crippen LogP contribution in [0.1, 0.15) is 46.0 Å². The molecule has 0 bridgehead atoms. The molecule has 0 unspecified atom stereocenters. The zero-order chi connectivity index (χ0) is 16.0. The van der Waals surface area contributed by atoms with E-state index in [0.717, 1.165) is 10.9 Å². The van der Waals surface area contributed by atoms with Crippen LogP contribution in [0.4, 0.5) is 4.39 Å². The lowest BCUT2D eigenvalue weighted by molar-refractivity contribution is 0.1000. The van der Waals surface area contributed by atoms with Crippen LogP contribution in [0.3, 0.4) is 0 Å². The van der Waals surface area contributed by atoms with Gasteiger partial charge < -0.3 is 10.2 Å². The van der Waals surface area contributed by atoms with Gasteiger partial charge in [-0.1, -0.05) is 18.2 Å². The largest absolute Gasteiger partial charge is 0.460 e. The normalized spacial score (nSPS) is 14.3. The monoisotopic (exact) mass is 309 g/mol. The smallest absolute Gasteiger partial charge is 0.252 e. The molecule has 4 heteroatoms. The first-order valence-electron chi connectivity index (χ1n) is 7.71. The summed E-state index contributed by atoms with van der Waals surface area (Å²) in [5.74, 6) is 0.346. The molecule has 1 saturated carbocycles. The Morgan fingerprint density at radius 3 is 2.57 bits per heavy atom. The van der Waals surface area contributed by atoms with Gasteiger partial charge in [0.2, 0.25) is 0 Å². The van der Waals surface area contributed by atoms with Crippen molar-refractivity contribution in [2.24, 2.45) is 5.73 Å². The lowest BCUT2D eigenvalue weighted by Gasteiger charge is -2.01. The fraction of sp³-hybridized carbons (Fsp3) is 0.211. The third-order valence-corrected chi connectivity index (χ3v) is 4.36. The first-order valence-corrected chi connectivity index (χ1v) is 7.71. The number of primary amides is 1. The number of benzene rings is 2. The summed E-state index contributed by atoms with van der Waals surface area (Å²) in [4.78, 5) is 11.9. The van der Waals surface area contributed by atoms with Gasteiger partial charge in [0.25, 0.3) is 5.91 Å². The standard InChI is InChI=1S/C19H16FNO2/c20-14-6-1-11(2-7-14)9-17-18(19(21)22)15-10-13(12-3-4-12)5-8-16(15)23-17/h1-2,5-8,10,12H,3-4,9H2,(H2,21,22). The van der Waals surface area contributed by atoms with Crippen LogP contribution in [-0.2, 0) is 6.42 Å². The zero-order valence-electron chi connectivity index (χ0n) is 12.5. The highest BCUT2D eigenvalue weighted by Crippen LogP contribution is 2.41. The molecule has 0 spiro atoms. The van der Waals surface area contributed by atoms with E-state index in [1.807, 2.05) is 12.1 Å². The number of carbonyl (C=O) groups is 1. The Kier molecular flexibility index (Phi) is 3.18. The van der Waals surface area contributed by atoms with Crippen molar-refractivity contribution in [3.8, 4) is 0 Å². The molecule has 1 fully saturated rings. The van der Waals surface area contributed by atoms with E-state index in [1.54, 1.807) is 12.1 Å². The number of carbonyl (C=O) groups excluding carboxylic acids is 1. The van der Waals surface area contributed by atoms with E-state index in [0.29, 0.717) is 29.2 Å². The summed E-state index contributed by atoms with van der Waals surface area (Å²) in [6.07, 6.45) is 2.79. The Bertz CT molecular complexity index is 892. The van der Waals surface area contributed by atoms with Crippen LogP contribution in [0.25, 0.3) is 11.0 Å². The van der Waals surface area contributed by atoms with Crippen molar-refractivity contribution < 1.29 is 13.6 Å². The highest BCUT2D eigenvalue weighted by Gasteiger charge is 2.26. The molecule has 0 aliphatic heterocycles. The van der Waals surface area contributed by atoms with E-state index in [2.05, 4.69) is 6.07 Å². The predicted octanol–water partition coefficient (Wildman–Crippen LogP) is 4.14. The fourth-order valence-corrected chi connectivity index (χ4v) is 3.02. The van der Waals surface area contributed by atoms with Crippen molar-refractivity contribution in [2.75, 3.05) is 0 Å². The van der Waals surface area contributed by atoms with Crippen molar-refractivity contribution in [3.05, 3.63) is 70.7 Å². The maximum atomic E-state index is 13.0. The number of hydrogen-bond acceptors (Lipinski definition) is 2. The summed E-state index contributed by atoms with van der Waals surface area (Å²) in [5.41, 5.74) is 8.79. The van der Waals surface area contributed by atoms with Crippen molar-refractivity contribution in [3.63, 3.8) is 0 Å². The molecule has 1 heterocycles. The molecule has 23 heavy (non-hydrogen) atoms. The molecule has 3 aromatic rings. The molecular formula is C19H16FNO2. The van der Waals surface area contributed by atoms with E-state index < -0.39 is 5.91 Å². The van der Waals surface area contributed by atoms with Crippen LogP contribution >= 0.6 is 0 Å². The van der Waals surface area contributed by atoms with Crippen molar-refractivity contribution >= 4 is 16.9 Å². The lowest BCUT2D eigenvalue weighted by Crippen LogP contribution is -2.12. The number of nitrogens with two attached hydrogens (primary N) is 1. The second-order valence-corrected chi connectivity index (χ2v) is 6.10. The third kappa shape index (κ3) is 2.61. The van der Waals surface area contributed by atoms with Gasteiger partial charge in [0, 0.05) is 11.8 Å². The van der Waals surface area contributed by atoms with Gasteiger partial charge in [0.15, 0.2) is 0 Å². The van der Waals surface area contributed by atoms with E-state index in [9.17, 15) is 9.18 Å². The van der Waals surface area contributed by atoms with Gasteiger partial charge in [0.05, 0.1) is 5.56 Å². The van der Waals surface area contributed by atoms with E-state index in [4.69, 9.17) is 10.2 Å². The van der Waals surface area contributed by atoms with Crippen LogP contribution in [0, 0.1) is 5.82 Å². The van der Waals surface area contributed by atoms with Crippen molar-refractivity contribution in [1.29, 1.82) is 0 Å². The maximum Gasteiger partial charge on any atom is 0.252 e. The summed E-state index contributed by atoms with van der Waals surface area (Å²) in [6, 6.07) is 12.1. The van der Waals surface area contributed by atoms with Gasteiger partial charge in [-0.25, -0.2) is 4.39 Å². The Morgan fingerprint density at radius 1 is 1.17 bits per heavy atom. The first kappa shape index (κ1) is 14.0. The lowest BCUT2D eigenvalue weighted by atomic mass is 10.0. The molecule has 2 aromatic carbocycles. The van der Waals surface area contributed by atoms with Gasteiger partial charge in [-0.15, -0.1) is 0 Å². The molecule has 116 valence electrons. The number of hydrogen-bond donors (Lipinski definition) is 1. The molecule has 0 atom stereocenters. The molecule has 0 saturated heterocycles. The number of furan rings is 1. The average molecular weight is 309 g/mol. The Hall–Kier alpha value is -2.62. The predicted molar refractivity (Wildman–Crippen MR) is 85.9 cm³/mol. The molecule has 3 nitrogen and oxygen atoms in total. The summed E-state index contributed by atoms with van der Waals surface area (Å²) in [5, 5.41) is 0.777. The number of halogens is 1. The molecule has 4 rings (SSSR count). The number of rotatable bonds is 4. The van der Waals surface area contributed by atoms with Crippen LogP contribution in [0.2, 0.25) is 0 Å². The molecule has 1 amide bonds.